The first-order valence-electron chi connectivity index (χ1n) is 10.1. The van der Waals surface area contributed by atoms with Gasteiger partial charge in [0, 0.05) is 17.0 Å². The molecule has 3 aromatic carbocycles. The fourth-order valence-electron chi connectivity index (χ4n) is 4.45. The Balaban J connectivity index is 1.97. The number of aromatic nitrogens is 2. The summed E-state index contributed by atoms with van der Waals surface area (Å²) >= 11 is 0. The number of aryl methyl sites for hydroxylation is 2. The highest BCUT2D eigenvalue weighted by Gasteiger charge is 2.33. The average molecular weight is 381 g/mol. The van der Waals surface area contributed by atoms with Gasteiger partial charge in [0.1, 0.15) is 18.3 Å². The van der Waals surface area contributed by atoms with Crippen LogP contribution in [0.15, 0.2) is 43.0 Å². The second-order valence-electron chi connectivity index (χ2n) is 8.31. The van der Waals surface area contributed by atoms with E-state index < -0.39 is 0 Å². The Labute approximate surface area is 171 Å². The van der Waals surface area contributed by atoms with Crippen LogP contribution in [0.1, 0.15) is 42.0 Å². The zero-order chi connectivity index (χ0) is 20.4. The van der Waals surface area contributed by atoms with E-state index in [9.17, 15) is 0 Å². The van der Waals surface area contributed by atoms with Crippen LogP contribution in [0.25, 0.3) is 39.1 Å². The Kier molecular flexibility index (Phi) is 3.79. The van der Waals surface area contributed by atoms with Crippen LogP contribution in [-0.4, -0.2) is 4.98 Å². The second-order valence-corrected chi connectivity index (χ2v) is 8.31. The lowest BCUT2D eigenvalue weighted by Gasteiger charge is -2.23. The SMILES string of the molecule is C=Cc1cccc2c1nc1c([n+]2C)-c2c(C)c(C)cc3cc(C(C)C)cc(c23)O1. The first-order chi connectivity index (χ1) is 13.9. The first-order valence-corrected chi connectivity index (χ1v) is 10.1. The van der Waals surface area contributed by atoms with Crippen molar-refractivity contribution < 1.29 is 9.30 Å². The molecule has 0 amide bonds. The Morgan fingerprint density at radius 1 is 1.14 bits per heavy atom. The molecule has 0 unspecified atom stereocenters. The first kappa shape index (κ1) is 17.9. The highest BCUT2D eigenvalue weighted by atomic mass is 16.5. The maximum Gasteiger partial charge on any atom is 0.294 e. The molecule has 0 radical (unpaired) electrons. The molecule has 0 saturated carbocycles. The van der Waals surface area contributed by atoms with E-state index in [0.29, 0.717) is 11.8 Å². The molecule has 0 N–H and O–H groups in total. The van der Waals surface area contributed by atoms with Gasteiger partial charge in [-0.05, 0) is 47.9 Å². The largest absolute Gasteiger partial charge is 0.433 e. The number of rotatable bonds is 2. The van der Waals surface area contributed by atoms with E-state index in [-0.39, 0.29) is 0 Å². The number of fused-ring (bicyclic) bond motifs is 3. The Morgan fingerprint density at radius 2 is 1.93 bits per heavy atom. The van der Waals surface area contributed by atoms with Crippen LogP contribution in [0.4, 0.5) is 0 Å². The van der Waals surface area contributed by atoms with Crippen molar-refractivity contribution in [2.75, 3.05) is 0 Å². The van der Waals surface area contributed by atoms with Gasteiger partial charge in [0.2, 0.25) is 5.52 Å². The number of hydrogen-bond acceptors (Lipinski definition) is 2. The molecule has 3 heteroatoms. The third kappa shape index (κ3) is 2.43. The van der Waals surface area contributed by atoms with Gasteiger partial charge >= 0.3 is 0 Å². The molecule has 3 nitrogen and oxygen atoms in total. The monoisotopic (exact) mass is 381 g/mol. The van der Waals surface area contributed by atoms with Crippen molar-refractivity contribution in [3.8, 4) is 22.9 Å². The molecule has 1 aliphatic rings. The van der Waals surface area contributed by atoms with Crippen molar-refractivity contribution >= 4 is 27.9 Å². The number of para-hydroxylation sites is 1. The topological polar surface area (TPSA) is 26.0 Å². The van der Waals surface area contributed by atoms with Gasteiger partial charge in [0.25, 0.3) is 11.6 Å². The van der Waals surface area contributed by atoms with E-state index in [1.165, 1.54) is 33.0 Å². The third-order valence-electron chi connectivity index (χ3n) is 6.23. The van der Waals surface area contributed by atoms with Crippen LogP contribution < -0.4 is 9.30 Å². The molecule has 0 atom stereocenters. The van der Waals surface area contributed by atoms with Gasteiger partial charge in [-0.3, -0.25) is 0 Å². The molecule has 144 valence electrons. The van der Waals surface area contributed by atoms with Gasteiger partial charge in [-0.2, -0.15) is 4.57 Å². The zero-order valence-electron chi connectivity index (χ0n) is 17.6. The zero-order valence-corrected chi connectivity index (χ0v) is 17.6. The molecule has 1 aliphatic heterocycles. The number of benzene rings is 3. The lowest BCUT2D eigenvalue weighted by atomic mass is 9.89. The quantitative estimate of drug-likeness (QED) is 0.332. The molecule has 29 heavy (non-hydrogen) atoms. The van der Waals surface area contributed by atoms with Crippen molar-refractivity contribution in [2.45, 2.75) is 33.6 Å². The van der Waals surface area contributed by atoms with Crippen molar-refractivity contribution in [1.82, 2.24) is 4.98 Å². The molecule has 0 aliphatic carbocycles. The van der Waals surface area contributed by atoms with E-state index in [1.807, 2.05) is 12.1 Å². The molecule has 1 aromatic heterocycles. The summed E-state index contributed by atoms with van der Waals surface area (Å²) in [4.78, 5) is 4.96. The number of nitrogens with zero attached hydrogens (tertiary/aromatic N) is 2. The molecule has 0 bridgehead atoms. The second kappa shape index (κ2) is 6.15. The minimum absolute atomic E-state index is 0.429. The summed E-state index contributed by atoms with van der Waals surface area (Å²) < 4.78 is 8.67. The molecule has 5 rings (SSSR count). The lowest BCUT2D eigenvalue weighted by Crippen LogP contribution is -2.34. The third-order valence-corrected chi connectivity index (χ3v) is 6.23. The summed E-state index contributed by atoms with van der Waals surface area (Å²) in [6.45, 7) is 12.8. The molecular formula is C26H25N2O+. The van der Waals surface area contributed by atoms with E-state index in [1.54, 1.807) is 0 Å². The Hall–Kier alpha value is -3.20. The normalized spacial score (nSPS) is 12.3. The maximum atomic E-state index is 6.46. The number of ether oxygens (including phenoxy) is 1. The molecule has 2 heterocycles. The molecule has 0 spiro atoms. The fraction of sp³-hybridized carbons (Fsp3) is 0.231. The van der Waals surface area contributed by atoms with Gasteiger partial charge in [0.15, 0.2) is 0 Å². The van der Waals surface area contributed by atoms with Gasteiger partial charge in [-0.1, -0.05) is 50.8 Å². The molecule has 0 fully saturated rings. The van der Waals surface area contributed by atoms with Crippen LogP contribution in [0.2, 0.25) is 0 Å². The predicted octanol–water partition coefficient (Wildman–Crippen LogP) is 6.37. The van der Waals surface area contributed by atoms with E-state index in [2.05, 4.69) is 76.2 Å². The van der Waals surface area contributed by atoms with Crippen LogP contribution in [0.5, 0.6) is 11.6 Å². The predicted molar refractivity (Wildman–Crippen MR) is 120 cm³/mol. The average Bonchev–Trinajstić information content (AvgIpc) is 2.70. The molecule has 4 aromatic rings. The molecule has 0 saturated heterocycles. The minimum atomic E-state index is 0.429. The Morgan fingerprint density at radius 3 is 2.66 bits per heavy atom. The minimum Gasteiger partial charge on any atom is -0.433 e. The standard InChI is InChI=1S/C26H25N2O/c1-7-17-9-8-10-20-24(17)27-26-25(28(20)6)22-16(5)15(4)11-19-12-18(14(2)3)13-21(29-26)23(19)22/h7-14H,1H2,2-6H3/q+1. The molecular weight excluding hydrogens is 356 g/mol. The summed E-state index contributed by atoms with van der Waals surface area (Å²) in [5.74, 6) is 2.00. The van der Waals surface area contributed by atoms with Gasteiger partial charge in [-0.25, -0.2) is 4.98 Å². The fourth-order valence-corrected chi connectivity index (χ4v) is 4.45. The smallest absolute Gasteiger partial charge is 0.294 e. The van der Waals surface area contributed by atoms with Crippen LogP contribution in [-0.2, 0) is 7.05 Å². The summed E-state index contributed by atoms with van der Waals surface area (Å²) in [5.41, 5.74) is 9.10. The summed E-state index contributed by atoms with van der Waals surface area (Å²) in [6, 6.07) is 13.0. The van der Waals surface area contributed by atoms with Crippen molar-refractivity contribution in [3.63, 3.8) is 0 Å². The van der Waals surface area contributed by atoms with E-state index in [0.717, 1.165) is 28.0 Å². The number of hydrogen-bond donors (Lipinski definition) is 0. The highest BCUT2D eigenvalue weighted by Crippen LogP contribution is 2.48. The van der Waals surface area contributed by atoms with Crippen molar-refractivity contribution in [3.05, 3.63) is 65.2 Å². The van der Waals surface area contributed by atoms with E-state index in [4.69, 9.17) is 9.72 Å². The lowest BCUT2D eigenvalue weighted by molar-refractivity contribution is -0.634. The Bertz CT molecular complexity index is 1350. The van der Waals surface area contributed by atoms with Gasteiger partial charge in [0.05, 0.1) is 5.56 Å². The van der Waals surface area contributed by atoms with Crippen LogP contribution in [0, 0.1) is 13.8 Å². The van der Waals surface area contributed by atoms with Crippen molar-refractivity contribution in [1.29, 1.82) is 0 Å². The maximum absolute atomic E-state index is 6.46. The van der Waals surface area contributed by atoms with Gasteiger partial charge in [-0.15, -0.1) is 0 Å². The van der Waals surface area contributed by atoms with Crippen molar-refractivity contribution in [2.24, 2.45) is 7.05 Å². The van der Waals surface area contributed by atoms with Crippen LogP contribution >= 0.6 is 0 Å². The summed E-state index contributed by atoms with van der Waals surface area (Å²) in [6.07, 6.45) is 1.85. The van der Waals surface area contributed by atoms with Crippen LogP contribution in [0.3, 0.4) is 0 Å². The highest BCUT2D eigenvalue weighted by molar-refractivity contribution is 6.05. The summed E-state index contributed by atoms with van der Waals surface area (Å²) in [7, 11) is 2.10. The van der Waals surface area contributed by atoms with Gasteiger partial charge < -0.3 is 4.74 Å². The summed E-state index contributed by atoms with van der Waals surface area (Å²) in [5, 5.41) is 2.41. The van der Waals surface area contributed by atoms with E-state index >= 15 is 0 Å².